The molecule has 1 aromatic carbocycles. The molecule has 80 valence electrons. The Morgan fingerprint density at radius 1 is 1.47 bits per heavy atom. The molecule has 0 heterocycles. The van der Waals surface area contributed by atoms with Crippen LogP contribution in [0.25, 0.3) is 0 Å². The summed E-state index contributed by atoms with van der Waals surface area (Å²) in [5, 5.41) is 2.74. The van der Waals surface area contributed by atoms with Gasteiger partial charge >= 0.3 is 0 Å². The zero-order valence-electron chi connectivity index (χ0n) is 8.20. The average Bonchev–Trinajstić information content (AvgIpc) is 2.24. The molecule has 0 atom stereocenters. The van der Waals surface area contributed by atoms with E-state index in [4.69, 9.17) is 0 Å². The smallest absolute Gasteiger partial charge is 0.251 e. The Bertz CT molecular complexity index is 352. The largest absolute Gasteiger partial charge is 0.352 e. The number of aldehydes is 1. The molecule has 15 heavy (non-hydrogen) atoms. The highest BCUT2D eigenvalue weighted by Crippen LogP contribution is 2.11. The molecule has 0 aliphatic carbocycles. The third-order valence-electron chi connectivity index (χ3n) is 1.87. The van der Waals surface area contributed by atoms with Gasteiger partial charge in [0.25, 0.3) is 5.91 Å². The first kappa shape index (κ1) is 11.9. The van der Waals surface area contributed by atoms with Gasteiger partial charge in [0.05, 0.1) is 0 Å². The standard InChI is InChI=1S/C11H12BrNO2/c12-10-5-3-4-9(8-10)11(15)13-6-1-2-7-14/h3-5,7-8H,1-2,6H2,(H,13,15). The van der Waals surface area contributed by atoms with E-state index in [9.17, 15) is 9.59 Å². The number of carbonyl (C=O) groups is 2. The Morgan fingerprint density at radius 3 is 2.93 bits per heavy atom. The monoisotopic (exact) mass is 269 g/mol. The van der Waals surface area contributed by atoms with Crippen LogP contribution in [0.15, 0.2) is 28.7 Å². The first-order valence-corrected chi connectivity index (χ1v) is 5.50. The number of nitrogens with one attached hydrogen (secondary N) is 1. The topological polar surface area (TPSA) is 46.2 Å². The molecule has 1 aromatic rings. The first-order valence-electron chi connectivity index (χ1n) is 4.71. The molecular weight excluding hydrogens is 258 g/mol. The molecule has 1 N–H and O–H groups in total. The van der Waals surface area contributed by atoms with Crippen molar-refractivity contribution < 1.29 is 9.59 Å². The Balaban J connectivity index is 2.43. The predicted molar refractivity (Wildman–Crippen MR) is 61.8 cm³/mol. The SMILES string of the molecule is O=CCCCNC(=O)c1cccc(Br)c1. The summed E-state index contributed by atoms with van der Waals surface area (Å²) in [6, 6.07) is 7.18. The minimum Gasteiger partial charge on any atom is -0.352 e. The Labute approximate surface area is 97.0 Å². The van der Waals surface area contributed by atoms with Crippen molar-refractivity contribution in [3.8, 4) is 0 Å². The number of hydrogen-bond donors (Lipinski definition) is 1. The summed E-state index contributed by atoms with van der Waals surface area (Å²) < 4.78 is 0.878. The molecule has 0 aliphatic heterocycles. The number of unbranched alkanes of at least 4 members (excludes halogenated alkanes) is 1. The zero-order valence-corrected chi connectivity index (χ0v) is 9.79. The molecule has 0 aromatic heterocycles. The minimum absolute atomic E-state index is 0.109. The van der Waals surface area contributed by atoms with Crippen molar-refractivity contribution >= 4 is 28.1 Å². The summed E-state index contributed by atoms with van der Waals surface area (Å²) in [5.41, 5.74) is 0.621. The fraction of sp³-hybridized carbons (Fsp3) is 0.273. The second kappa shape index (κ2) is 6.35. The number of benzene rings is 1. The quantitative estimate of drug-likeness (QED) is 0.658. The summed E-state index contributed by atoms with van der Waals surface area (Å²) in [7, 11) is 0. The molecule has 3 nitrogen and oxygen atoms in total. The highest BCUT2D eigenvalue weighted by atomic mass is 79.9. The molecule has 0 spiro atoms. The van der Waals surface area contributed by atoms with Crippen LogP contribution in [0.1, 0.15) is 23.2 Å². The van der Waals surface area contributed by atoms with E-state index in [0.29, 0.717) is 24.9 Å². The van der Waals surface area contributed by atoms with E-state index in [1.54, 1.807) is 12.1 Å². The van der Waals surface area contributed by atoms with Gasteiger partial charge in [0.15, 0.2) is 0 Å². The molecule has 0 bridgehead atoms. The van der Waals surface area contributed by atoms with Gasteiger partial charge in [0, 0.05) is 23.0 Å². The lowest BCUT2D eigenvalue weighted by Crippen LogP contribution is -2.24. The third-order valence-corrected chi connectivity index (χ3v) is 2.36. The van der Waals surface area contributed by atoms with E-state index in [0.717, 1.165) is 10.8 Å². The molecule has 0 unspecified atom stereocenters. The van der Waals surface area contributed by atoms with Gasteiger partial charge in [-0.15, -0.1) is 0 Å². The molecule has 0 aliphatic rings. The Kier molecular flexibility index (Phi) is 5.04. The van der Waals surface area contributed by atoms with Gasteiger partial charge in [-0.2, -0.15) is 0 Å². The molecule has 0 radical (unpaired) electrons. The van der Waals surface area contributed by atoms with Crippen molar-refractivity contribution in [2.75, 3.05) is 6.54 Å². The second-order valence-corrected chi connectivity index (χ2v) is 3.99. The van der Waals surface area contributed by atoms with Gasteiger partial charge in [0.2, 0.25) is 0 Å². The Hall–Kier alpha value is -1.16. The van der Waals surface area contributed by atoms with Crippen LogP contribution in [0.2, 0.25) is 0 Å². The van der Waals surface area contributed by atoms with Gasteiger partial charge in [-0.3, -0.25) is 4.79 Å². The third kappa shape index (κ3) is 4.25. The normalized spacial score (nSPS) is 9.67. The zero-order chi connectivity index (χ0) is 11.1. The van der Waals surface area contributed by atoms with Crippen molar-refractivity contribution in [1.29, 1.82) is 0 Å². The lowest BCUT2D eigenvalue weighted by molar-refractivity contribution is -0.107. The lowest BCUT2D eigenvalue weighted by atomic mass is 10.2. The fourth-order valence-electron chi connectivity index (χ4n) is 1.12. The summed E-state index contributed by atoms with van der Waals surface area (Å²) >= 11 is 3.30. The number of amides is 1. The number of rotatable bonds is 5. The first-order chi connectivity index (χ1) is 7.24. The molecule has 1 rings (SSSR count). The van der Waals surface area contributed by atoms with E-state index in [1.165, 1.54) is 0 Å². The molecule has 0 saturated heterocycles. The number of halogens is 1. The Morgan fingerprint density at radius 2 is 2.27 bits per heavy atom. The van der Waals surface area contributed by atoms with Crippen LogP contribution in [0.3, 0.4) is 0 Å². The van der Waals surface area contributed by atoms with Crippen molar-refractivity contribution in [1.82, 2.24) is 5.32 Å². The van der Waals surface area contributed by atoms with Crippen LogP contribution in [0.4, 0.5) is 0 Å². The summed E-state index contributed by atoms with van der Waals surface area (Å²) in [5.74, 6) is -0.109. The van der Waals surface area contributed by atoms with Crippen molar-refractivity contribution in [3.63, 3.8) is 0 Å². The minimum atomic E-state index is -0.109. The lowest BCUT2D eigenvalue weighted by Gasteiger charge is -2.03. The molecule has 0 fully saturated rings. The highest BCUT2D eigenvalue weighted by Gasteiger charge is 2.03. The van der Waals surface area contributed by atoms with Crippen LogP contribution in [0.5, 0.6) is 0 Å². The van der Waals surface area contributed by atoms with E-state index in [2.05, 4.69) is 21.2 Å². The van der Waals surface area contributed by atoms with Gasteiger partial charge in [-0.25, -0.2) is 0 Å². The van der Waals surface area contributed by atoms with Gasteiger partial charge in [0.1, 0.15) is 6.29 Å². The van der Waals surface area contributed by atoms with Gasteiger partial charge < -0.3 is 10.1 Å². The maximum absolute atomic E-state index is 11.5. The molecule has 1 amide bonds. The van der Waals surface area contributed by atoms with Crippen LogP contribution in [0, 0.1) is 0 Å². The maximum Gasteiger partial charge on any atom is 0.251 e. The van der Waals surface area contributed by atoms with Crippen LogP contribution in [-0.2, 0) is 4.79 Å². The maximum atomic E-state index is 11.5. The van der Waals surface area contributed by atoms with E-state index in [1.807, 2.05) is 12.1 Å². The van der Waals surface area contributed by atoms with Crippen molar-refractivity contribution in [2.24, 2.45) is 0 Å². The summed E-state index contributed by atoms with van der Waals surface area (Å²) in [6.07, 6.45) is 2.02. The van der Waals surface area contributed by atoms with E-state index in [-0.39, 0.29) is 5.91 Å². The van der Waals surface area contributed by atoms with Crippen LogP contribution in [-0.4, -0.2) is 18.7 Å². The van der Waals surface area contributed by atoms with Gasteiger partial charge in [-0.1, -0.05) is 22.0 Å². The van der Waals surface area contributed by atoms with E-state index < -0.39 is 0 Å². The summed E-state index contributed by atoms with van der Waals surface area (Å²) in [4.78, 5) is 21.6. The molecule has 4 heteroatoms. The van der Waals surface area contributed by atoms with Crippen molar-refractivity contribution in [2.45, 2.75) is 12.8 Å². The predicted octanol–water partition coefficient (Wildman–Crippen LogP) is 2.16. The highest BCUT2D eigenvalue weighted by molar-refractivity contribution is 9.10. The van der Waals surface area contributed by atoms with Crippen LogP contribution >= 0.6 is 15.9 Å². The van der Waals surface area contributed by atoms with Gasteiger partial charge in [-0.05, 0) is 24.6 Å². The van der Waals surface area contributed by atoms with Crippen molar-refractivity contribution in [3.05, 3.63) is 34.3 Å². The number of hydrogen-bond acceptors (Lipinski definition) is 2. The average molecular weight is 270 g/mol. The molecular formula is C11H12BrNO2. The van der Waals surface area contributed by atoms with E-state index >= 15 is 0 Å². The second-order valence-electron chi connectivity index (χ2n) is 3.08. The fourth-order valence-corrected chi connectivity index (χ4v) is 1.52. The summed E-state index contributed by atoms with van der Waals surface area (Å²) in [6.45, 7) is 0.532. The molecule has 0 saturated carbocycles. The number of carbonyl (C=O) groups excluding carboxylic acids is 2. The van der Waals surface area contributed by atoms with Crippen LogP contribution < -0.4 is 5.32 Å².